The van der Waals surface area contributed by atoms with Gasteiger partial charge in [0, 0.05) is 64.9 Å². The number of unbranched alkanes of at least 4 members (excludes halogenated alkanes) is 1. The fourth-order valence-corrected chi connectivity index (χ4v) is 10.3. The molecule has 9 rings (SSSR count). The van der Waals surface area contributed by atoms with E-state index in [4.69, 9.17) is 14.2 Å². The van der Waals surface area contributed by atoms with E-state index in [1.807, 2.05) is 4.90 Å². The molecule has 0 saturated carbocycles. The molecule has 5 aromatic rings. The Bertz CT molecular complexity index is 2320. The predicted octanol–water partition coefficient (Wildman–Crippen LogP) is 11.5. The Morgan fingerprint density at radius 3 is 2.18 bits per heavy atom. The van der Waals surface area contributed by atoms with E-state index in [9.17, 15) is 4.79 Å². The highest BCUT2D eigenvalue weighted by Crippen LogP contribution is 2.61. The van der Waals surface area contributed by atoms with E-state index in [2.05, 4.69) is 130 Å². The number of aryl methyl sites for hydroxylation is 1. The summed E-state index contributed by atoms with van der Waals surface area (Å²) in [7, 11) is 0. The Hall–Kier alpha value is -5.07. The summed E-state index contributed by atoms with van der Waals surface area (Å²) < 4.78 is 19.5. The number of nitrogens with zero attached hydrogens (tertiary/aromatic N) is 2. The van der Waals surface area contributed by atoms with Gasteiger partial charge in [0.1, 0.15) is 11.5 Å². The molecule has 2 saturated heterocycles. The van der Waals surface area contributed by atoms with Crippen LogP contribution >= 0.6 is 0 Å². The molecule has 0 bridgehead atoms. The van der Waals surface area contributed by atoms with E-state index >= 15 is 0 Å². The summed E-state index contributed by atoms with van der Waals surface area (Å²) in [5.41, 5.74) is 11.0. The van der Waals surface area contributed by atoms with Gasteiger partial charge in [-0.2, -0.15) is 0 Å². The first kappa shape index (κ1) is 37.5. The van der Waals surface area contributed by atoms with Gasteiger partial charge < -0.3 is 24.0 Å². The van der Waals surface area contributed by atoms with Crippen LogP contribution in [0.1, 0.15) is 106 Å². The highest BCUT2D eigenvalue weighted by molar-refractivity contribution is 6.09. The van der Waals surface area contributed by atoms with Crippen molar-refractivity contribution in [2.75, 3.05) is 49.3 Å². The summed E-state index contributed by atoms with van der Waals surface area (Å²) in [5.74, 6) is 2.04. The molecule has 0 radical (unpaired) electrons. The molecule has 0 N–H and O–H groups in total. The largest absolute Gasteiger partial charge is 0.494 e. The van der Waals surface area contributed by atoms with Crippen LogP contribution in [0.4, 0.5) is 11.4 Å². The lowest BCUT2D eigenvalue weighted by molar-refractivity contribution is -0.117. The summed E-state index contributed by atoms with van der Waals surface area (Å²) in [6.45, 7) is 13.8. The van der Waals surface area contributed by atoms with Crippen LogP contribution in [0.3, 0.4) is 0 Å². The fourth-order valence-electron chi connectivity index (χ4n) is 10.3. The van der Waals surface area contributed by atoms with Gasteiger partial charge in [-0.3, -0.25) is 4.79 Å². The minimum Gasteiger partial charge on any atom is -0.494 e. The van der Waals surface area contributed by atoms with Crippen LogP contribution in [0.2, 0.25) is 0 Å². The van der Waals surface area contributed by atoms with Gasteiger partial charge in [0.15, 0.2) is 5.60 Å². The average Bonchev–Trinajstić information content (AvgIpc) is 3.80. The summed E-state index contributed by atoms with van der Waals surface area (Å²) in [6.07, 6.45) is 12.5. The minimum absolute atomic E-state index is 0.222. The highest BCUT2D eigenvalue weighted by Gasteiger charge is 2.48. The van der Waals surface area contributed by atoms with Crippen LogP contribution in [-0.4, -0.2) is 45.4 Å². The van der Waals surface area contributed by atoms with Crippen LogP contribution < -0.4 is 19.3 Å². The molecule has 5 aromatic carbocycles. The monoisotopic (exact) mass is 760 g/mol. The van der Waals surface area contributed by atoms with E-state index in [-0.39, 0.29) is 11.3 Å². The number of hydrogen-bond acceptors (Lipinski definition) is 5. The normalized spacial score (nSPS) is 19.4. The molecule has 1 amide bonds. The zero-order valence-corrected chi connectivity index (χ0v) is 34.2. The molecule has 0 spiro atoms. The van der Waals surface area contributed by atoms with E-state index in [0.717, 1.165) is 111 Å². The molecule has 1 atom stereocenters. The molecule has 57 heavy (non-hydrogen) atoms. The smallest absolute Gasteiger partial charge is 0.227 e. The number of morpholine rings is 1. The van der Waals surface area contributed by atoms with Crippen LogP contribution in [-0.2, 0) is 20.5 Å². The Morgan fingerprint density at radius 2 is 1.49 bits per heavy atom. The number of ether oxygens (including phenoxy) is 3. The Morgan fingerprint density at radius 1 is 0.772 bits per heavy atom. The third-order valence-corrected chi connectivity index (χ3v) is 12.9. The molecule has 3 heterocycles. The van der Waals surface area contributed by atoms with Crippen LogP contribution in [0.5, 0.6) is 11.5 Å². The second-order valence-electron chi connectivity index (χ2n) is 16.5. The van der Waals surface area contributed by atoms with Crippen molar-refractivity contribution in [1.29, 1.82) is 0 Å². The topological polar surface area (TPSA) is 51.2 Å². The third-order valence-electron chi connectivity index (χ3n) is 12.9. The fraction of sp³-hybridized carbons (Fsp3) is 0.392. The molecule has 2 fully saturated rings. The standard InChI is InChI=1S/C51H56N2O4/c1-5-8-30-56-40-19-14-37(15-20-40)51(36-12-16-38(17-13-36)52-28-31-55-32-29-52)26-23-43-48-47(44-33-35(4)11-21-41(44)49(43)57-51)42-22-18-39(53-27-9-10-46(53)54)34-45(42)50(48,24-6-2)25-7-3/h11-23,26,33-34H,5-10,24-25,27-32H2,1-4H3. The maximum Gasteiger partial charge on any atom is 0.227 e. The molecule has 3 aliphatic heterocycles. The predicted molar refractivity (Wildman–Crippen MR) is 233 cm³/mol. The molecule has 6 heteroatoms. The van der Waals surface area contributed by atoms with Crippen LogP contribution in [0, 0.1) is 6.92 Å². The van der Waals surface area contributed by atoms with Gasteiger partial charge in [-0.05, 0) is 103 Å². The van der Waals surface area contributed by atoms with Crippen LogP contribution in [0.25, 0.3) is 28.0 Å². The van der Waals surface area contributed by atoms with E-state index in [1.165, 1.54) is 44.5 Å². The second kappa shape index (κ2) is 15.4. The maximum absolute atomic E-state index is 13.1. The number of carbonyl (C=O) groups excluding carboxylic acids is 1. The van der Waals surface area contributed by atoms with Gasteiger partial charge in [0.05, 0.1) is 19.8 Å². The lowest BCUT2D eigenvalue weighted by atomic mass is 9.69. The van der Waals surface area contributed by atoms with Crippen molar-refractivity contribution in [2.24, 2.45) is 0 Å². The van der Waals surface area contributed by atoms with Gasteiger partial charge in [-0.25, -0.2) is 0 Å². The third kappa shape index (κ3) is 6.32. The molecular weight excluding hydrogens is 705 g/mol. The van der Waals surface area contributed by atoms with E-state index in [1.54, 1.807) is 0 Å². The quantitative estimate of drug-likeness (QED) is 0.119. The van der Waals surface area contributed by atoms with Crippen molar-refractivity contribution >= 4 is 34.1 Å². The summed E-state index contributed by atoms with van der Waals surface area (Å²) in [4.78, 5) is 17.5. The number of benzene rings is 5. The van der Waals surface area contributed by atoms with Gasteiger partial charge in [0.2, 0.25) is 5.91 Å². The minimum atomic E-state index is -0.878. The first-order chi connectivity index (χ1) is 27.9. The SMILES string of the molecule is CCCCOc1ccc(C2(c3ccc(N4CCOCC4)cc3)C=Cc3c4c(c5cc(C)ccc5c3O2)-c2ccc(N3CCCC3=O)cc2C4(CCC)CCC)cc1. The number of amides is 1. The summed E-state index contributed by atoms with van der Waals surface area (Å²) in [5, 5.41) is 2.36. The van der Waals surface area contributed by atoms with Gasteiger partial charge in [-0.1, -0.05) is 100 Å². The number of fused-ring (bicyclic) bond motifs is 8. The molecule has 1 unspecified atom stereocenters. The summed E-state index contributed by atoms with van der Waals surface area (Å²) >= 11 is 0. The van der Waals surface area contributed by atoms with Crippen molar-refractivity contribution in [1.82, 2.24) is 0 Å². The van der Waals surface area contributed by atoms with Crippen molar-refractivity contribution in [3.05, 3.63) is 124 Å². The molecule has 4 aliphatic rings. The Labute approximate surface area is 338 Å². The first-order valence-corrected chi connectivity index (χ1v) is 21.5. The van der Waals surface area contributed by atoms with Gasteiger partial charge in [-0.15, -0.1) is 0 Å². The molecule has 1 aliphatic carbocycles. The molecule has 294 valence electrons. The van der Waals surface area contributed by atoms with Crippen molar-refractivity contribution in [3.63, 3.8) is 0 Å². The molecule has 6 nitrogen and oxygen atoms in total. The number of anilines is 2. The molecular formula is C51H56N2O4. The number of rotatable bonds is 12. The second-order valence-corrected chi connectivity index (χ2v) is 16.5. The van der Waals surface area contributed by atoms with Crippen LogP contribution in [0.15, 0.2) is 91.0 Å². The Kier molecular flexibility index (Phi) is 10.1. The lowest BCUT2D eigenvalue weighted by Gasteiger charge is -2.40. The van der Waals surface area contributed by atoms with Gasteiger partial charge >= 0.3 is 0 Å². The zero-order valence-electron chi connectivity index (χ0n) is 34.2. The maximum atomic E-state index is 13.1. The number of hydrogen-bond donors (Lipinski definition) is 0. The van der Waals surface area contributed by atoms with Crippen molar-refractivity contribution in [2.45, 2.75) is 90.1 Å². The van der Waals surface area contributed by atoms with E-state index < -0.39 is 5.60 Å². The number of carbonyl (C=O) groups is 1. The van der Waals surface area contributed by atoms with Crippen molar-refractivity contribution in [3.8, 4) is 22.6 Å². The first-order valence-electron chi connectivity index (χ1n) is 21.5. The average molecular weight is 761 g/mol. The zero-order chi connectivity index (χ0) is 39.1. The molecule has 0 aromatic heterocycles. The highest BCUT2D eigenvalue weighted by atomic mass is 16.5. The Balaban J connectivity index is 1.25. The lowest BCUT2D eigenvalue weighted by Crippen LogP contribution is -2.37. The summed E-state index contributed by atoms with van der Waals surface area (Å²) in [6, 6.07) is 31.3. The van der Waals surface area contributed by atoms with E-state index in [0.29, 0.717) is 13.0 Å². The van der Waals surface area contributed by atoms with Crippen molar-refractivity contribution < 1.29 is 19.0 Å². The van der Waals surface area contributed by atoms with Gasteiger partial charge in [0.25, 0.3) is 0 Å².